The first kappa shape index (κ1) is 14.9. The van der Waals surface area contributed by atoms with E-state index >= 15 is 0 Å². The number of ether oxygens (including phenoxy) is 1. The van der Waals surface area contributed by atoms with Crippen molar-refractivity contribution in [3.05, 3.63) is 55.9 Å². The van der Waals surface area contributed by atoms with Crippen LogP contribution < -0.4 is 0 Å². The molecular formula is C14H10BrFO3S. The molecule has 0 fully saturated rings. The lowest BCUT2D eigenvalue weighted by molar-refractivity contribution is -0.139. The highest BCUT2D eigenvalue weighted by Gasteiger charge is 2.15. The molecule has 0 N–H and O–H groups in total. The van der Waals surface area contributed by atoms with Crippen LogP contribution in [0.3, 0.4) is 0 Å². The van der Waals surface area contributed by atoms with E-state index in [0.29, 0.717) is 9.35 Å². The third-order valence-corrected chi connectivity index (χ3v) is 4.34. The topological polar surface area (TPSA) is 43.4 Å². The second kappa shape index (κ2) is 6.28. The zero-order valence-corrected chi connectivity index (χ0v) is 12.9. The molecule has 0 spiro atoms. The molecule has 2 aromatic rings. The molecule has 0 atom stereocenters. The summed E-state index contributed by atoms with van der Waals surface area (Å²) in [6, 6.07) is 7.56. The summed E-state index contributed by atoms with van der Waals surface area (Å²) in [5.74, 6) is -1.11. The quantitative estimate of drug-likeness (QED) is 0.620. The molecule has 1 heterocycles. The van der Waals surface area contributed by atoms with Crippen LogP contribution in [0, 0.1) is 5.82 Å². The smallest absolute Gasteiger partial charge is 0.310 e. The number of hydrogen-bond donors (Lipinski definition) is 0. The van der Waals surface area contributed by atoms with E-state index in [1.54, 1.807) is 18.2 Å². The zero-order valence-electron chi connectivity index (χ0n) is 10.5. The van der Waals surface area contributed by atoms with Crippen LogP contribution in [-0.4, -0.2) is 18.9 Å². The van der Waals surface area contributed by atoms with Crippen LogP contribution in [-0.2, 0) is 16.0 Å². The summed E-state index contributed by atoms with van der Waals surface area (Å²) in [7, 11) is 1.31. The van der Waals surface area contributed by atoms with Gasteiger partial charge in [-0.1, -0.05) is 0 Å². The SMILES string of the molecule is COC(=O)Cc1ccc(C(=O)c2ccc(Br)c(F)c2)s1. The lowest BCUT2D eigenvalue weighted by Crippen LogP contribution is -2.02. The third-order valence-electron chi connectivity index (χ3n) is 2.61. The van der Waals surface area contributed by atoms with Gasteiger partial charge in [0.2, 0.25) is 5.78 Å². The highest BCUT2D eigenvalue weighted by molar-refractivity contribution is 9.10. The van der Waals surface area contributed by atoms with Gasteiger partial charge in [0.25, 0.3) is 0 Å². The van der Waals surface area contributed by atoms with Crippen LogP contribution in [0.2, 0.25) is 0 Å². The molecule has 1 aromatic carbocycles. The second-order valence-corrected chi connectivity index (χ2v) is 6.00. The highest BCUT2D eigenvalue weighted by atomic mass is 79.9. The van der Waals surface area contributed by atoms with E-state index < -0.39 is 5.82 Å². The molecule has 104 valence electrons. The molecule has 2 rings (SSSR count). The van der Waals surface area contributed by atoms with Gasteiger partial charge >= 0.3 is 5.97 Å². The molecule has 0 bridgehead atoms. The van der Waals surface area contributed by atoms with Crippen molar-refractivity contribution in [2.24, 2.45) is 0 Å². The van der Waals surface area contributed by atoms with Gasteiger partial charge in [-0.25, -0.2) is 4.39 Å². The van der Waals surface area contributed by atoms with Crippen molar-refractivity contribution < 1.29 is 18.7 Å². The van der Waals surface area contributed by atoms with Gasteiger partial charge in [-0.3, -0.25) is 9.59 Å². The number of carbonyl (C=O) groups excluding carboxylic acids is 2. The first-order valence-corrected chi connectivity index (χ1v) is 7.27. The Morgan fingerprint density at radius 2 is 2.05 bits per heavy atom. The van der Waals surface area contributed by atoms with Gasteiger partial charge in [0.1, 0.15) is 5.82 Å². The number of rotatable bonds is 4. The van der Waals surface area contributed by atoms with Crippen LogP contribution in [0.25, 0.3) is 0 Å². The van der Waals surface area contributed by atoms with Gasteiger partial charge in [-0.2, -0.15) is 0 Å². The Labute approximate surface area is 127 Å². The maximum absolute atomic E-state index is 13.4. The Morgan fingerprint density at radius 1 is 1.30 bits per heavy atom. The number of benzene rings is 1. The number of esters is 1. The Hall–Kier alpha value is -1.53. The molecule has 0 unspecified atom stereocenters. The van der Waals surface area contributed by atoms with Gasteiger partial charge in [-0.05, 0) is 46.3 Å². The fourth-order valence-electron chi connectivity index (χ4n) is 1.59. The zero-order chi connectivity index (χ0) is 14.7. The maximum atomic E-state index is 13.4. The van der Waals surface area contributed by atoms with Crippen molar-refractivity contribution in [3.8, 4) is 0 Å². The molecule has 0 saturated heterocycles. The minimum atomic E-state index is -0.484. The average molecular weight is 357 g/mol. The van der Waals surface area contributed by atoms with Gasteiger partial charge in [0.15, 0.2) is 0 Å². The standard InChI is InChI=1S/C14H10BrFO3S/c1-19-13(17)7-9-3-5-12(20-9)14(18)8-2-4-10(15)11(16)6-8/h2-6H,7H2,1H3. The molecule has 6 heteroatoms. The number of thiophene rings is 1. The molecule has 1 aromatic heterocycles. The fourth-order valence-corrected chi connectivity index (χ4v) is 2.79. The third kappa shape index (κ3) is 3.32. The summed E-state index contributed by atoms with van der Waals surface area (Å²) in [5.41, 5.74) is 0.275. The van der Waals surface area contributed by atoms with Crippen LogP contribution >= 0.6 is 27.3 Å². The Morgan fingerprint density at radius 3 is 2.70 bits per heavy atom. The Balaban J connectivity index is 2.21. The van der Waals surface area contributed by atoms with Crippen molar-refractivity contribution in [1.29, 1.82) is 0 Å². The minimum absolute atomic E-state index is 0.128. The first-order valence-electron chi connectivity index (χ1n) is 5.66. The van der Waals surface area contributed by atoms with Crippen LogP contribution in [0.4, 0.5) is 4.39 Å². The number of carbonyl (C=O) groups is 2. The fraction of sp³-hybridized carbons (Fsp3) is 0.143. The molecule has 0 radical (unpaired) electrons. The Bertz CT molecular complexity index is 666. The molecule has 0 amide bonds. The molecule has 0 aliphatic carbocycles. The number of hydrogen-bond acceptors (Lipinski definition) is 4. The van der Waals surface area contributed by atoms with Crippen LogP contribution in [0.1, 0.15) is 20.1 Å². The van der Waals surface area contributed by atoms with Crippen molar-refractivity contribution in [3.63, 3.8) is 0 Å². The average Bonchev–Trinajstić information content (AvgIpc) is 2.89. The molecule has 0 aliphatic heterocycles. The van der Waals surface area contributed by atoms with E-state index in [2.05, 4.69) is 20.7 Å². The van der Waals surface area contributed by atoms with E-state index in [0.717, 1.165) is 4.88 Å². The lowest BCUT2D eigenvalue weighted by atomic mass is 10.1. The number of ketones is 1. The van der Waals surface area contributed by atoms with Crippen molar-refractivity contribution in [2.75, 3.05) is 7.11 Å². The summed E-state index contributed by atoms with van der Waals surface area (Å²) in [5, 5.41) is 0. The predicted octanol–water partition coefficient (Wildman–Crippen LogP) is 3.60. The number of methoxy groups -OCH3 is 1. The highest BCUT2D eigenvalue weighted by Crippen LogP contribution is 2.23. The van der Waals surface area contributed by atoms with Crippen molar-refractivity contribution >= 4 is 39.0 Å². The Kier molecular flexibility index (Phi) is 4.67. The van der Waals surface area contributed by atoms with Gasteiger partial charge in [0, 0.05) is 10.4 Å². The molecule has 3 nitrogen and oxygen atoms in total. The first-order chi connectivity index (χ1) is 9.51. The molecule has 20 heavy (non-hydrogen) atoms. The predicted molar refractivity (Wildman–Crippen MR) is 77.6 cm³/mol. The number of halogens is 2. The van der Waals surface area contributed by atoms with Gasteiger partial charge in [0.05, 0.1) is 22.9 Å². The van der Waals surface area contributed by atoms with E-state index in [1.165, 1.54) is 30.6 Å². The summed E-state index contributed by atoms with van der Waals surface area (Å²) in [4.78, 5) is 24.5. The van der Waals surface area contributed by atoms with Crippen molar-refractivity contribution in [2.45, 2.75) is 6.42 Å². The van der Waals surface area contributed by atoms with E-state index in [4.69, 9.17) is 0 Å². The van der Waals surface area contributed by atoms with Gasteiger partial charge < -0.3 is 4.74 Å². The molecule has 0 aliphatic rings. The summed E-state index contributed by atoms with van der Waals surface area (Å²) in [6.07, 6.45) is 0.128. The molecule has 0 saturated carbocycles. The van der Waals surface area contributed by atoms with E-state index in [9.17, 15) is 14.0 Å². The summed E-state index contributed by atoms with van der Waals surface area (Å²) < 4.78 is 18.3. The van der Waals surface area contributed by atoms with Crippen molar-refractivity contribution in [1.82, 2.24) is 0 Å². The largest absolute Gasteiger partial charge is 0.469 e. The maximum Gasteiger partial charge on any atom is 0.310 e. The van der Waals surface area contributed by atoms with E-state index in [1.807, 2.05) is 0 Å². The minimum Gasteiger partial charge on any atom is -0.469 e. The molecular weight excluding hydrogens is 347 g/mol. The monoisotopic (exact) mass is 356 g/mol. The lowest BCUT2D eigenvalue weighted by Gasteiger charge is -2.00. The van der Waals surface area contributed by atoms with Crippen LogP contribution in [0.5, 0.6) is 0 Å². The summed E-state index contributed by atoms with van der Waals surface area (Å²) >= 11 is 4.24. The van der Waals surface area contributed by atoms with E-state index in [-0.39, 0.29) is 23.7 Å². The summed E-state index contributed by atoms with van der Waals surface area (Å²) in [6.45, 7) is 0. The van der Waals surface area contributed by atoms with Crippen LogP contribution in [0.15, 0.2) is 34.8 Å². The van der Waals surface area contributed by atoms with Gasteiger partial charge in [-0.15, -0.1) is 11.3 Å². The normalized spacial score (nSPS) is 10.3. The second-order valence-electron chi connectivity index (χ2n) is 3.98.